The van der Waals surface area contributed by atoms with Gasteiger partial charge in [0.15, 0.2) is 0 Å². The van der Waals surface area contributed by atoms with Crippen molar-refractivity contribution < 1.29 is 9.84 Å². The maximum atomic E-state index is 9.71. The van der Waals surface area contributed by atoms with Gasteiger partial charge in [0, 0.05) is 17.3 Å². The predicted octanol–water partition coefficient (Wildman–Crippen LogP) is 2.04. The summed E-state index contributed by atoms with van der Waals surface area (Å²) in [5.41, 5.74) is 0.858. The van der Waals surface area contributed by atoms with Crippen LogP contribution in [-0.4, -0.2) is 33.1 Å². The molecule has 1 atom stereocenters. The number of aliphatic hydroxyl groups is 1. The summed E-state index contributed by atoms with van der Waals surface area (Å²) in [5, 5.41) is 13.4. The van der Waals surface area contributed by atoms with E-state index in [-0.39, 0.29) is 6.61 Å². The molecule has 1 aromatic carbocycles. The van der Waals surface area contributed by atoms with Crippen LogP contribution in [0.3, 0.4) is 0 Å². The molecule has 7 heteroatoms. The molecule has 0 aliphatic heterocycles. The Morgan fingerprint density at radius 3 is 3.11 bits per heavy atom. The lowest BCUT2D eigenvalue weighted by atomic mass is 10.3. The largest absolute Gasteiger partial charge is 0.473 e. The molecular formula is C11H12ClN3O2S. The van der Waals surface area contributed by atoms with E-state index in [2.05, 4.69) is 14.1 Å². The minimum atomic E-state index is -0.634. The highest BCUT2D eigenvalue weighted by Crippen LogP contribution is 2.14. The quantitative estimate of drug-likeness (QED) is 0.850. The molecule has 2 N–H and O–H groups in total. The van der Waals surface area contributed by atoms with E-state index >= 15 is 0 Å². The summed E-state index contributed by atoms with van der Waals surface area (Å²) >= 11 is 6.91. The molecule has 2 aromatic rings. The van der Waals surface area contributed by atoms with Crippen LogP contribution in [-0.2, 0) is 0 Å². The van der Waals surface area contributed by atoms with Crippen molar-refractivity contribution in [1.29, 1.82) is 0 Å². The maximum Gasteiger partial charge on any atom is 0.245 e. The monoisotopic (exact) mass is 285 g/mol. The van der Waals surface area contributed by atoms with E-state index in [0.29, 0.717) is 17.4 Å². The summed E-state index contributed by atoms with van der Waals surface area (Å²) in [6, 6.07) is 7.30. The van der Waals surface area contributed by atoms with E-state index in [1.165, 1.54) is 6.20 Å². The zero-order valence-electron chi connectivity index (χ0n) is 9.41. The van der Waals surface area contributed by atoms with Gasteiger partial charge in [-0.2, -0.15) is 4.37 Å². The molecule has 1 heterocycles. The van der Waals surface area contributed by atoms with Gasteiger partial charge in [-0.25, -0.2) is 0 Å². The Kier molecular flexibility index (Phi) is 4.74. The van der Waals surface area contributed by atoms with Gasteiger partial charge in [-0.1, -0.05) is 17.7 Å². The van der Waals surface area contributed by atoms with E-state index in [4.69, 9.17) is 16.3 Å². The summed E-state index contributed by atoms with van der Waals surface area (Å²) in [5.74, 6) is 0.432. The summed E-state index contributed by atoms with van der Waals surface area (Å²) in [4.78, 5) is 0. The summed E-state index contributed by atoms with van der Waals surface area (Å²) in [7, 11) is 0. The number of halogens is 1. The first-order valence-corrected chi connectivity index (χ1v) is 6.43. The fraction of sp³-hybridized carbons (Fsp3) is 0.273. The third-order valence-corrected chi connectivity index (χ3v) is 2.83. The zero-order chi connectivity index (χ0) is 12.8. The number of rotatable bonds is 6. The van der Waals surface area contributed by atoms with E-state index in [0.717, 1.165) is 17.4 Å². The second-order valence-electron chi connectivity index (χ2n) is 3.60. The first-order valence-electron chi connectivity index (χ1n) is 5.32. The van der Waals surface area contributed by atoms with Gasteiger partial charge in [0.2, 0.25) is 5.88 Å². The number of hydrogen-bond donors (Lipinski definition) is 2. The molecule has 5 nitrogen and oxygen atoms in total. The third-order valence-electron chi connectivity index (χ3n) is 2.13. The average molecular weight is 286 g/mol. The minimum absolute atomic E-state index is 0.166. The van der Waals surface area contributed by atoms with E-state index in [1.54, 1.807) is 12.1 Å². The number of nitrogens with one attached hydrogen (secondary N) is 1. The van der Waals surface area contributed by atoms with Gasteiger partial charge < -0.3 is 15.2 Å². The van der Waals surface area contributed by atoms with Crippen LogP contribution in [0.15, 0.2) is 30.5 Å². The molecule has 0 saturated carbocycles. The molecule has 0 spiro atoms. The van der Waals surface area contributed by atoms with Gasteiger partial charge in [-0.3, -0.25) is 0 Å². The Labute approximate surface area is 114 Å². The third kappa shape index (κ3) is 4.14. The second-order valence-corrected chi connectivity index (χ2v) is 4.59. The first-order chi connectivity index (χ1) is 8.74. The number of nitrogens with zero attached hydrogens (tertiary/aromatic N) is 2. The highest BCUT2D eigenvalue weighted by Gasteiger charge is 2.06. The topological polar surface area (TPSA) is 67.3 Å². The van der Waals surface area contributed by atoms with Gasteiger partial charge in [-0.15, -0.1) is 4.37 Å². The van der Waals surface area contributed by atoms with Crippen LogP contribution < -0.4 is 10.1 Å². The molecular weight excluding hydrogens is 274 g/mol. The molecule has 18 heavy (non-hydrogen) atoms. The SMILES string of the molecule is OC(CNc1cccc(Cl)c1)COc1cnsn1. The Morgan fingerprint density at radius 1 is 1.50 bits per heavy atom. The highest BCUT2D eigenvalue weighted by molar-refractivity contribution is 6.99. The van der Waals surface area contributed by atoms with Gasteiger partial charge in [0.1, 0.15) is 18.9 Å². The van der Waals surface area contributed by atoms with E-state index in [9.17, 15) is 5.11 Å². The highest BCUT2D eigenvalue weighted by atomic mass is 35.5. The van der Waals surface area contributed by atoms with Crippen molar-refractivity contribution in [3.05, 3.63) is 35.5 Å². The van der Waals surface area contributed by atoms with Gasteiger partial charge >= 0.3 is 0 Å². The van der Waals surface area contributed by atoms with Gasteiger partial charge in [0.05, 0.1) is 11.7 Å². The molecule has 0 radical (unpaired) electrons. The number of hydrogen-bond acceptors (Lipinski definition) is 6. The summed E-state index contributed by atoms with van der Waals surface area (Å²) < 4.78 is 12.9. The molecule has 1 unspecified atom stereocenters. The Bertz CT molecular complexity index is 481. The Hall–Kier alpha value is -1.37. The molecule has 0 aliphatic rings. The van der Waals surface area contributed by atoms with Gasteiger partial charge in [0.25, 0.3) is 0 Å². The summed E-state index contributed by atoms with van der Waals surface area (Å²) in [6.45, 7) is 0.539. The molecule has 96 valence electrons. The van der Waals surface area contributed by atoms with Crippen LogP contribution in [0.1, 0.15) is 0 Å². The van der Waals surface area contributed by atoms with Crippen LogP contribution in [0.4, 0.5) is 5.69 Å². The maximum absolute atomic E-state index is 9.71. The predicted molar refractivity (Wildman–Crippen MR) is 71.4 cm³/mol. The number of aromatic nitrogens is 2. The van der Waals surface area contributed by atoms with E-state index < -0.39 is 6.10 Å². The molecule has 0 aliphatic carbocycles. The lowest BCUT2D eigenvalue weighted by molar-refractivity contribution is 0.115. The van der Waals surface area contributed by atoms with Crippen LogP contribution in [0, 0.1) is 0 Å². The molecule has 0 amide bonds. The molecule has 0 bridgehead atoms. The standard InChI is InChI=1S/C11H12ClN3O2S/c12-8-2-1-3-9(4-8)13-5-10(16)7-17-11-6-14-18-15-11/h1-4,6,10,13,16H,5,7H2. The van der Waals surface area contributed by atoms with Crippen LogP contribution in [0.2, 0.25) is 5.02 Å². The second kappa shape index (κ2) is 6.53. The number of aliphatic hydroxyl groups excluding tert-OH is 1. The molecule has 2 rings (SSSR count). The lowest BCUT2D eigenvalue weighted by Gasteiger charge is -2.12. The molecule has 0 saturated heterocycles. The van der Waals surface area contributed by atoms with Crippen LogP contribution in [0.25, 0.3) is 0 Å². The Morgan fingerprint density at radius 2 is 2.39 bits per heavy atom. The molecule has 0 fully saturated rings. The van der Waals surface area contributed by atoms with Crippen LogP contribution in [0.5, 0.6) is 5.88 Å². The first kappa shape index (κ1) is 13.1. The van der Waals surface area contributed by atoms with Crippen molar-refractivity contribution in [3.63, 3.8) is 0 Å². The average Bonchev–Trinajstić information content (AvgIpc) is 2.87. The number of ether oxygens (including phenoxy) is 1. The van der Waals surface area contributed by atoms with Crippen molar-refractivity contribution in [3.8, 4) is 5.88 Å². The summed E-state index contributed by atoms with van der Waals surface area (Å²) in [6.07, 6.45) is 0.882. The van der Waals surface area contributed by atoms with Crippen molar-refractivity contribution in [1.82, 2.24) is 8.75 Å². The zero-order valence-corrected chi connectivity index (χ0v) is 11.0. The van der Waals surface area contributed by atoms with Crippen molar-refractivity contribution in [2.75, 3.05) is 18.5 Å². The fourth-order valence-electron chi connectivity index (χ4n) is 1.29. The normalized spacial score (nSPS) is 12.1. The number of benzene rings is 1. The van der Waals surface area contributed by atoms with Crippen molar-refractivity contribution in [2.24, 2.45) is 0 Å². The molecule has 1 aromatic heterocycles. The van der Waals surface area contributed by atoms with Gasteiger partial charge in [-0.05, 0) is 18.2 Å². The fourth-order valence-corrected chi connectivity index (χ4v) is 1.85. The lowest BCUT2D eigenvalue weighted by Crippen LogP contribution is -2.26. The Balaban J connectivity index is 1.73. The van der Waals surface area contributed by atoms with Crippen LogP contribution >= 0.6 is 23.3 Å². The van der Waals surface area contributed by atoms with Crippen molar-refractivity contribution >= 4 is 29.0 Å². The smallest absolute Gasteiger partial charge is 0.245 e. The van der Waals surface area contributed by atoms with E-state index in [1.807, 2.05) is 12.1 Å². The number of anilines is 1. The van der Waals surface area contributed by atoms with Crippen molar-refractivity contribution in [2.45, 2.75) is 6.10 Å². The minimum Gasteiger partial charge on any atom is -0.473 e.